The number of hydrogen-bond acceptors (Lipinski definition) is 2. The van der Waals surface area contributed by atoms with Gasteiger partial charge in [0.05, 0.1) is 6.54 Å². The molecule has 4 nitrogen and oxygen atoms in total. The van der Waals surface area contributed by atoms with Crippen LogP contribution in [0.3, 0.4) is 0 Å². The van der Waals surface area contributed by atoms with E-state index in [2.05, 4.69) is 15.3 Å². The van der Waals surface area contributed by atoms with Gasteiger partial charge in [-0.05, 0) is 0 Å². The smallest absolute Gasteiger partial charge is 0.257 e. The number of aromatic amines is 1. The normalized spacial score (nSPS) is 10.4. The van der Waals surface area contributed by atoms with Crippen LogP contribution in [0.1, 0.15) is 16.2 Å². The number of nitrogens with one attached hydrogen (secondary N) is 2. The summed E-state index contributed by atoms with van der Waals surface area (Å²) in [6, 6.07) is 0.899. The van der Waals surface area contributed by atoms with Crippen molar-refractivity contribution in [2.75, 3.05) is 0 Å². The predicted octanol–water partition coefficient (Wildman–Crippen LogP) is 1.76. The monoisotopic (exact) mass is 255 g/mol. The fraction of sp³-hybridized carbons (Fsp3) is 0.0909. The Morgan fingerprint density at radius 1 is 1.28 bits per heavy atom. The summed E-state index contributed by atoms with van der Waals surface area (Å²) in [6.07, 6.45) is 3.01. The summed E-state index contributed by atoms with van der Waals surface area (Å²) in [4.78, 5) is 18.1. The molecule has 1 amide bonds. The van der Waals surface area contributed by atoms with Crippen molar-refractivity contribution in [1.29, 1.82) is 0 Å². The highest BCUT2D eigenvalue weighted by atomic mass is 19.1. The summed E-state index contributed by atoms with van der Waals surface area (Å²) in [5, 5.41) is 2.27. The number of imidazole rings is 1. The number of carbonyl (C=O) groups excluding carboxylic acids is 1. The number of aromatic nitrogens is 2. The number of nitrogens with zero attached hydrogens (tertiary/aromatic N) is 1. The van der Waals surface area contributed by atoms with Crippen LogP contribution in [0.2, 0.25) is 0 Å². The van der Waals surface area contributed by atoms with Gasteiger partial charge in [-0.25, -0.2) is 18.2 Å². The molecule has 1 heterocycles. The zero-order valence-electron chi connectivity index (χ0n) is 9.01. The molecule has 2 N–H and O–H groups in total. The van der Waals surface area contributed by atoms with Crippen LogP contribution in [0.15, 0.2) is 24.5 Å². The molecule has 0 atom stereocenters. The molecule has 0 saturated carbocycles. The Morgan fingerprint density at radius 2 is 1.94 bits per heavy atom. The molecule has 0 aliphatic heterocycles. The van der Waals surface area contributed by atoms with E-state index in [0.717, 1.165) is 0 Å². The summed E-state index contributed by atoms with van der Waals surface area (Å²) in [6.45, 7) is -0.0118. The van der Waals surface area contributed by atoms with Gasteiger partial charge in [0.15, 0.2) is 0 Å². The van der Waals surface area contributed by atoms with Crippen molar-refractivity contribution in [3.8, 4) is 0 Å². The number of amides is 1. The molecule has 2 rings (SSSR count). The summed E-state index contributed by atoms with van der Waals surface area (Å²) in [5.74, 6) is -4.10. The molecule has 0 aliphatic rings. The van der Waals surface area contributed by atoms with Gasteiger partial charge in [-0.1, -0.05) is 0 Å². The molecule has 2 aromatic rings. The zero-order valence-corrected chi connectivity index (χ0v) is 9.01. The van der Waals surface area contributed by atoms with Crippen molar-refractivity contribution in [1.82, 2.24) is 15.3 Å². The average molecular weight is 255 g/mol. The first-order chi connectivity index (χ1) is 8.58. The lowest BCUT2D eigenvalue weighted by molar-refractivity contribution is 0.0941. The number of halogens is 3. The molecule has 0 bridgehead atoms. The average Bonchev–Trinajstić information content (AvgIpc) is 2.77. The van der Waals surface area contributed by atoms with Crippen molar-refractivity contribution in [3.63, 3.8) is 0 Å². The summed E-state index contributed by atoms with van der Waals surface area (Å²) in [7, 11) is 0. The van der Waals surface area contributed by atoms with Crippen LogP contribution in [0.5, 0.6) is 0 Å². The molecule has 18 heavy (non-hydrogen) atoms. The molecule has 0 aliphatic carbocycles. The van der Waals surface area contributed by atoms with Gasteiger partial charge >= 0.3 is 0 Å². The molecular formula is C11H8F3N3O. The lowest BCUT2D eigenvalue weighted by Crippen LogP contribution is -2.25. The largest absolute Gasteiger partial charge is 0.347 e. The molecule has 1 aromatic carbocycles. The van der Waals surface area contributed by atoms with E-state index in [9.17, 15) is 18.0 Å². The molecule has 7 heteroatoms. The highest BCUT2D eigenvalue weighted by Crippen LogP contribution is 2.14. The van der Waals surface area contributed by atoms with Gasteiger partial charge in [0.2, 0.25) is 0 Å². The highest BCUT2D eigenvalue weighted by molar-refractivity contribution is 5.94. The summed E-state index contributed by atoms with van der Waals surface area (Å²) >= 11 is 0. The number of hydrogen-bond donors (Lipinski definition) is 2. The standard InChI is InChI=1S/C11H8F3N3O/c12-6-3-7(13)10(8(14)4-6)11(18)17-5-9-15-1-2-16-9/h1-4H,5H2,(H,15,16)(H,17,18). The van der Waals surface area contributed by atoms with Crippen LogP contribution in [0, 0.1) is 17.5 Å². The third-order valence-electron chi connectivity index (χ3n) is 2.21. The maximum atomic E-state index is 13.3. The van der Waals surface area contributed by atoms with Crippen LogP contribution in [-0.4, -0.2) is 15.9 Å². The van der Waals surface area contributed by atoms with E-state index >= 15 is 0 Å². The molecule has 1 aromatic heterocycles. The third-order valence-corrected chi connectivity index (χ3v) is 2.21. The zero-order chi connectivity index (χ0) is 13.1. The van der Waals surface area contributed by atoms with Gasteiger partial charge in [-0.3, -0.25) is 4.79 Å². The number of H-pyrrole nitrogens is 1. The summed E-state index contributed by atoms with van der Waals surface area (Å²) in [5.41, 5.74) is -0.817. The van der Waals surface area contributed by atoms with Gasteiger partial charge in [0.25, 0.3) is 5.91 Å². The molecular weight excluding hydrogens is 247 g/mol. The Balaban J connectivity index is 2.14. The predicted molar refractivity (Wildman–Crippen MR) is 56.1 cm³/mol. The van der Waals surface area contributed by atoms with E-state index in [1.807, 2.05) is 0 Å². The van der Waals surface area contributed by atoms with Crippen molar-refractivity contribution in [2.45, 2.75) is 6.54 Å². The second-order valence-electron chi connectivity index (χ2n) is 3.46. The Hall–Kier alpha value is -2.31. The van der Waals surface area contributed by atoms with Gasteiger partial charge in [-0.15, -0.1) is 0 Å². The fourth-order valence-corrected chi connectivity index (χ4v) is 1.41. The lowest BCUT2D eigenvalue weighted by Gasteiger charge is -2.06. The third kappa shape index (κ3) is 2.50. The maximum Gasteiger partial charge on any atom is 0.257 e. The van der Waals surface area contributed by atoms with Crippen LogP contribution in [0.4, 0.5) is 13.2 Å². The van der Waals surface area contributed by atoms with E-state index in [0.29, 0.717) is 18.0 Å². The highest BCUT2D eigenvalue weighted by Gasteiger charge is 2.18. The maximum absolute atomic E-state index is 13.3. The van der Waals surface area contributed by atoms with Crippen LogP contribution < -0.4 is 5.32 Å². The first-order valence-electron chi connectivity index (χ1n) is 4.99. The van der Waals surface area contributed by atoms with Crippen LogP contribution >= 0.6 is 0 Å². The molecule has 0 spiro atoms. The second kappa shape index (κ2) is 4.91. The SMILES string of the molecule is O=C(NCc1ncc[nH]1)c1c(F)cc(F)cc1F. The molecule has 0 fully saturated rings. The van der Waals surface area contributed by atoms with Gasteiger partial charge < -0.3 is 10.3 Å². The van der Waals surface area contributed by atoms with Crippen LogP contribution in [0.25, 0.3) is 0 Å². The Bertz CT molecular complexity index is 546. The summed E-state index contributed by atoms with van der Waals surface area (Å²) < 4.78 is 39.2. The van der Waals surface area contributed by atoms with Gasteiger partial charge in [-0.2, -0.15) is 0 Å². The van der Waals surface area contributed by atoms with E-state index in [1.54, 1.807) is 6.20 Å². The topological polar surface area (TPSA) is 57.8 Å². The van der Waals surface area contributed by atoms with Gasteiger partial charge in [0, 0.05) is 24.5 Å². The van der Waals surface area contributed by atoms with E-state index in [-0.39, 0.29) is 6.54 Å². The first-order valence-corrected chi connectivity index (χ1v) is 4.99. The van der Waals surface area contributed by atoms with E-state index in [4.69, 9.17) is 0 Å². The molecule has 94 valence electrons. The van der Waals surface area contributed by atoms with Crippen molar-refractivity contribution >= 4 is 5.91 Å². The molecule has 0 radical (unpaired) electrons. The minimum atomic E-state index is -1.25. The van der Waals surface area contributed by atoms with Crippen molar-refractivity contribution in [2.24, 2.45) is 0 Å². The van der Waals surface area contributed by atoms with Crippen molar-refractivity contribution in [3.05, 3.63) is 53.4 Å². The minimum Gasteiger partial charge on any atom is -0.347 e. The Morgan fingerprint density at radius 3 is 2.50 bits per heavy atom. The minimum absolute atomic E-state index is 0.0118. The van der Waals surface area contributed by atoms with Crippen molar-refractivity contribution < 1.29 is 18.0 Å². The number of carbonyl (C=O) groups is 1. The molecule has 0 unspecified atom stereocenters. The van der Waals surface area contributed by atoms with Crippen LogP contribution in [-0.2, 0) is 6.54 Å². The Labute approximate surface area is 99.9 Å². The quantitative estimate of drug-likeness (QED) is 0.878. The van der Waals surface area contributed by atoms with Gasteiger partial charge in [0.1, 0.15) is 28.8 Å². The number of benzene rings is 1. The van der Waals surface area contributed by atoms with E-state index < -0.39 is 28.9 Å². The molecule has 0 saturated heterocycles. The fourth-order valence-electron chi connectivity index (χ4n) is 1.41. The second-order valence-corrected chi connectivity index (χ2v) is 3.46. The number of rotatable bonds is 3. The van der Waals surface area contributed by atoms with E-state index in [1.165, 1.54) is 6.20 Å². The lowest BCUT2D eigenvalue weighted by atomic mass is 10.2. The first kappa shape index (κ1) is 12.2. The Kier molecular flexibility index (Phi) is 3.31.